The molecule has 0 atom stereocenters. The Balaban J connectivity index is 2.30. The maximum atomic E-state index is 11.1. The van der Waals surface area contributed by atoms with E-state index in [4.69, 9.17) is 4.84 Å². The summed E-state index contributed by atoms with van der Waals surface area (Å²) in [4.78, 5) is 16.1. The van der Waals surface area contributed by atoms with Crippen molar-refractivity contribution in [3.63, 3.8) is 0 Å². The highest BCUT2D eigenvalue weighted by Crippen LogP contribution is 2.17. The summed E-state index contributed by atoms with van der Waals surface area (Å²) in [5.74, 6) is -0.0212. The van der Waals surface area contributed by atoms with Gasteiger partial charge in [0.05, 0.1) is 20.1 Å². The van der Waals surface area contributed by atoms with E-state index < -0.39 is 0 Å². The van der Waals surface area contributed by atoms with Crippen LogP contribution < -0.4 is 0 Å². The Kier molecular flexibility index (Phi) is 3.49. The molecule has 12 heavy (non-hydrogen) atoms. The van der Waals surface area contributed by atoms with Crippen LogP contribution in [0.15, 0.2) is 0 Å². The first kappa shape index (κ1) is 9.48. The molecule has 1 fully saturated rings. The van der Waals surface area contributed by atoms with Gasteiger partial charge in [0, 0.05) is 13.1 Å². The van der Waals surface area contributed by atoms with Crippen molar-refractivity contribution in [3.05, 3.63) is 0 Å². The van der Waals surface area contributed by atoms with E-state index in [0.29, 0.717) is 0 Å². The van der Waals surface area contributed by atoms with E-state index in [2.05, 4.69) is 4.74 Å². The molecule has 1 aliphatic heterocycles. The third-order valence-corrected chi connectivity index (χ3v) is 2.25. The van der Waals surface area contributed by atoms with Gasteiger partial charge in [0.1, 0.15) is 0 Å². The minimum atomic E-state index is -0.0919. The van der Waals surface area contributed by atoms with Crippen LogP contribution in [0.4, 0.5) is 0 Å². The first-order chi connectivity index (χ1) is 5.77. The van der Waals surface area contributed by atoms with Crippen molar-refractivity contribution >= 4 is 5.97 Å². The Labute approximate surface area is 72.4 Å². The second-order valence-electron chi connectivity index (χ2n) is 2.91. The maximum absolute atomic E-state index is 11.1. The summed E-state index contributed by atoms with van der Waals surface area (Å²) in [5.41, 5.74) is 0. The van der Waals surface area contributed by atoms with Crippen LogP contribution in [-0.4, -0.2) is 38.3 Å². The largest absolute Gasteiger partial charge is 0.469 e. The van der Waals surface area contributed by atoms with Gasteiger partial charge in [-0.1, -0.05) is 0 Å². The molecule has 0 aromatic carbocycles. The molecule has 70 valence electrons. The molecule has 0 aliphatic carbocycles. The molecular formula is C8H15NO3. The van der Waals surface area contributed by atoms with Crippen LogP contribution in [-0.2, 0) is 14.4 Å². The highest BCUT2D eigenvalue weighted by Gasteiger charge is 2.25. The fraction of sp³-hybridized carbons (Fsp3) is 0.875. The normalized spacial score (nSPS) is 20.8. The smallest absolute Gasteiger partial charge is 0.308 e. The summed E-state index contributed by atoms with van der Waals surface area (Å²) in [6.07, 6.45) is 1.67. The second-order valence-corrected chi connectivity index (χ2v) is 2.91. The average molecular weight is 173 g/mol. The number of carbonyl (C=O) groups is 1. The van der Waals surface area contributed by atoms with Gasteiger partial charge in [0.15, 0.2) is 0 Å². The van der Waals surface area contributed by atoms with E-state index >= 15 is 0 Å². The maximum Gasteiger partial charge on any atom is 0.308 e. The van der Waals surface area contributed by atoms with Crippen LogP contribution in [0.25, 0.3) is 0 Å². The van der Waals surface area contributed by atoms with Gasteiger partial charge in [0.25, 0.3) is 0 Å². The minimum Gasteiger partial charge on any atom is -0.469 e. The lowest BCUT2D eigenvalue weighted by atomic mass is 9.98. The predicted octanol–water partition coefficient (Wildman–Crippen LogP) is 0.433. The molecule has 0 bridgehead atoms. The molecule has 1 saturated heterocycles. The van der Waals surface area contributed by atoms with Gasteiger partial charge in [-0.05, 0) is 12.8 Å². The topological polar surface area (TPSA) is 38.8 Å². The number of hydroxylamine groups is 2. The van der Waals surface area contributed by atoms with Gasteiger partial charge in [-0.15, -0.1) is 0 Å². The van der Waals surface area contributed by atoms with Crippen LogP contribution in [0.3, 0.4) is 0 Å². The van der Waals surface area contributed by atoms with Crippen molar-refractivity contribution in [3.8, 4) is 0 Å². The summed E-state index contributed by atoms with van der Waals surface area (Å²) in [6.45, 7) is 1.63. The Morgan fingerprint density at radius 1 is 1.33 bits per heavy atom. The first-order valence-electron chi connectivity index (χ1n) is 4.14. The molecule has 4 heteroatoms. The molecular weight excluding hydrogens is 158 g/mol. The van der Waals surface area contributed by atoms with Gasteiger partial charge >= 0.3 is 5.97 Å². The fourth-order valence-electron chi connectivity index (χ4n) is 1.44. The van der Waals surface area contributed by atoms with Gasteiger partial charge in [-0.3, -0.25) is 4.79 Å². The van der Waals surface area contributed by atoms with Crippen LogP contribution >= 0.6 is 0 Å². The zero-order chi connectivity index (χ0) is 8.97. The molecule has 0 radical (unpaired) electrons. The highest BCUT2D eigenvalue weighted by atomic mass is 16.7. The third-order valence-electron chi connectivity index (χ3n) is 2.25. The summed E-state index contributed by atoms with van der Waals surface area (Å²) in [5, 5.41) is 1.86. The summed E-state index contributed by atoms with van der Waals surface area (Å²) < 4.78 is 4.66. The van der Waals surface area contributed by atoms with Crippen molar-refractivity contribution in [2.45, 2.75) is 12.8 Å². The lowest BCUT2D eigenvalue weighted by Crippen LogP contribution is -2.35. The third kappa shape index (κ3) is 2.19. The molecule has 0 spiro atoms. The molecule has 1 heterocycles. The van der Waals surface area contributed by atoms with Crippen LogP contribution in [0.1, 0.15) is 12.8 Å². The molecule has 0 saturated carbocycles. The first-order valence-corrected chi connectivity index (χ1v) is 4.14. The lowest BCUT2D eigenvalue weighted by Gasteiger charge is -2.28. The zero-order valence-electron chi connectivity index (χ0n) is 7.58. The van der Waals surface area contributed by atoms with Crippen LogP contribution in [0, 0.1) is 5.92 Å². The fourth-order valence-corrected chi connectivity index (χ4v) is 1.44. The molecule has 0 aromatic heterocycles. The summed E-state index contributed by atoms with van der Waals surface area (Å²) in [6, 6.07) is 0. The Morgan fingerprint density at radius 3 is 2.33 bits per heavy atom. The number of carbonyl (C=O) groups excluding carboxylic acids is 1. The number of hydrogen-bond acceptors (Lipinski definition) is 4. The van der Waals surface area contributed by atoms with Crippen molar-refractivity contribution < 1.29 is 14.4 Å². The van der Waals surface area contributed by atoms with Gasteiger partial charge in [-0.25, -0.2) is 0 Å². The monoisotopic (exact) mass is 173 g/mol. The zero-order valence-corrected chi connectivity index (χ0v) is 7.58. The molecule has 4 nitrogen and oxygen atoms in total. The molecule has 0 aromatic rings. The minimum absolute atomic E-state index is 0.0707. The van der Waals surface area contributed by atoms with Crippen molar-refractivity contribution in [1.82, 2.24) is 5.06 Å². The number of hydrogen-bond donors (Lipinski definition) is 0. The Morgan fingerprint density at radius 2 is 1.92 bits per heavy atom. The molecule has 0 amide bonds. The molecule has 1 rings (SSSR count). The second kappa shape index (κ2) is 4.42. The highest BCUT2D eigenvalue weighted by molar-refractivity contribution is 5.72. The summed E-state index contributed by atoms with van der Waals surface area (Å²) in [7, 11) is 3.09. The Bertz CT molecular complexity index is 152. The Hall–Kier alpha value is -0.610. The average Bonchev–Trinajstić information content (AvgIpc) is 2.17. The van der Waals surface area contributed by atoms with Gasteiger partial charge in [0.2, 0.25) is 0 Å². The van der Waals surface area contributed by atoms with E-state index in [1.807, 2.05) is 5.06 Å². The number of methoxy groups -OCH3 is 1. The quantitative estimate of drug-likeness (QED) is 0.568. The van der Waals surface area contributed by atoms with E-state index in [-0.39, 0.29) is 11.9 Å². The number of piperidine rings is 1. The number of rotatable bonds is 2. The number of ether oxygens (including phenoxy) is 1. The molecule has 1 aliphatic rings. The van der Waals surface area contributed by atoms with Crippen molar-refractivity contribution in [2.24, 2.45) is 5.92 Å². The van der Waals surface area contributed by atoms with Crippen LogP contribution in [0.2, 0.25) is 0 Å². The molecule has 0 unspecified atom stereocenters. The van der Waals surface area contributed by atoms with Gasteiger partial charge in [-0.2, -0.15) is 5.06 Å². The predicted molar refractivity (Wildman–Crippen MR) is 43.3 cm³/mol. The van der Waals surface area contributed by atoms with Gasteiger partial charge < -0.3 is 9.57 Å². The molecule has 0 N–H and O–H groups in total. The van der Waals surface area contributed by atoms with E-state index in [9.17, 15) is 4.79 Å². The standard InChI is InChI=1S/C8H15NO3/c1-11-8(10)7-3-5-9(12-2)6-4-7/h7H,3-6H2,1-2H3. The van der Waals surface area contributed by atoms with Crippen LogP contribution in [0.5, 0.6) is 0 Å². The van der Waals surface area contributed by atoms with E-state index in [0.717, 1.165) is 25.9 Å². The summed E-state index contributed by atoms with van der Waals surface area (Å²) >= 11 is 0. The van der Waals surface area contributed by atoms with Crippen molar-refractivity contribution in [1.29, 1.82) is 0 Å². The lowest BCUT2D eigenvalue weighted by molar-refractivity contribution is -0.164. The van der Waals surface area contributed by atoms with E-state index in [1.165, 1.54) is 7.11 Å². The van der Waals surface area contributed by atoms with Crippen molar-refractivity contribution in [2.75, 3.05) is 27.3 Å². The number of esters is 1. The number of nitrogens with zero attached hydrogens (tertiary/aromatic N) is 1. The SMILES string of the molecule is COC(=O)C1CCN(OC)CC1. The van der Waals surface area contributed by atoms with E-state index in [1.54, 1.807) is 7.11 Å².